The molecule has 1 unspecified atom stereocenters. The van der Waals surface area contributed by atoms with Crippen molar-refractivity contribution in [1.29, 1.82) is 0 Å². The zero-order valence-electron chi connectivity index (χ0n) is 6.45. The maximum Gasteiger partial charge on any atom is 0.0831 e. The molecular formula is C9H12Cl2. The molecule has 0 aromatic carbocycles. The zero-order chi connectivity index (χ0) is 8.32. The van der Waals surface area contributed by atoms with Crippen molar-refractivity contribution in [2.45, 2.75) is 30.6 Å². The minimum Gasteiger partial charge on any atom is -0.113 e. The van der Waals surface area contributed by atoms with Gasteiger partial charge in [0.2, 0.25) is 0 Å². The third-order valence-electron chi connectivity index (χ3n) is 2.00. The first-order chi connectivity index (χ1) is 5.19. The van der Waals surface area contributed by atoms with E-state index < -0.39 is 0 Å². The highest BCUT2D eigenvalue weighted by molar-refractivity contribution is 6.39. The van der Waals surface area contributed by atoms with Gasteiger partial charge in [-0.1, -0.05) is 23.8 Å². The maximum atomic E-state index is 6.25. The molecule has 0 fully saturated rings. The summed E-state index contributed by atoms with van der Waals surface area (Å²) < 4.78 is 0. The van der Waals surface area contributed by atoms with Gasteiger partial charge in [0.1, 0.15) is 0 Å². The Morgan fingerprint density at radius 1 is 1.73 bits per heavy atom. The lowest BCUT2D eigenvalue weighted by Crippen LogP contribution is -2.23. The molecule has 0 spiro atoms. The predicted molar refractivity (Wildman–Crippen MR) is 51.2 cm³/mol. The SMILES string of the molecule is C=CCC1(Cl)CCCC=C1Cl. The smallest absolute Gasteiger partial charge is 0.0831 e. The van der Waals surface area contributed by atoms with Crippen molar-refractivity contribution in [3.63, 3.8) is 0 Å². The molecule has 0 nitrogen and oxygen atoms in total. The fourth-order valence-corrected chi connectivity index (χ4v) is 1.94. The number of alkyl halides is 1. The van der Waals surface area contributed by atoms with Crippen LogP contribution in [0, 0.1) is 0 Å². The topological polar surface area (TPSA) is 0 Å². The number of hydrogen-bond donors (Lipinski definition) is 0. The van der Waals surface area contributed by atoms with Crippen LogP contribution in [0.25, 0.3) is 0 Å². The summed E-state index contributed by atoms with van der Waals surface area (Å²) in [7, 11) is 0. The molecule has 2 heteroatoms. The lowest BCUT2D eigenvalue weighted by molar-refractivity contribution is 0.571. The summed E-state index contributed by atoms with van der Waals surface area (Å²) in [4.78, 5) is -0.332. The number of hydrogen-bond acceptors (Lipinski definition) is 0. The summed E-state index contributed by atoms with van der Waals surface area (Å²) in [6, 6.07) is 0. The summed E-state index contributed by atoms with van der Waals surface area (Å²) in [6.45, 7) is 3.66. The van der Waals surface area contributed by atoms with Gasteiger partial charge < -0.3 is 0 Å². The van der Waals surface area contributed by atoms with E-state index in [1.54, 1.807) is 0 Å². The molecule has 0 aliphatic heterocycles. The Hall–Kier alpha value is 0.0600. The highest BCUT2D eigenvalue weighted by Gasteiger charge is 2.30. The van der Waals surface area contributed by atoms with Crippen LogP contribution in [0.15, 0.2) is 23.8 Å². The molecule has 0 radical (unpaired) electrons. The van der Waals surface area contributed by atoms with Crippen molar-refractivity contribution < 1.29 is 0 Å². The molecule has 1 aliphatic rings. The van der Waals surface area contributed by atoms with Gasteiger partial charge in [-0.05, 0) is 25.7 Å². The summed E-state index contributed by atoms with van der Waals surface area (Å²) in [5, 5.41) is 0.797. The van der Waals surface area contributed by atoms with Crippen LogP contribution in [-0.2, 0) is 0 Å². The van der Waals surface area contributed by atoms with E-state index in [0.717, 1.165) is 30.7 Å². The lowest BCUT2D eigenvalue weighted by atomic mass is 9.92. The van der Waals surface area contributed by atoms with E-state index in [-0.39, 0.29) is 4.87 Å². The molecule has 11 heavy (non-hydrogen) atoms. The summed E-state index contributed by atoms with van der Waals surface area (Å²) in [5.74, 6) is 0. The average Bonchev–Trinajstić information content (AvgIpc) is 1.96. The summed E-state index contributed by atoms with van der Waals surface area (Å²) in [6.07, 6.45) is 7.77. The quantitative estimate of drug-likeness (QED) is 0.459. The minimum absolute atomic E-state index is 0.332. The van der Waals surface area contributed by atoms with Crippen LogP contribution < -0.4 is 0 Å². The molecule has 0 saturated heterocycles. The Morgan fingerprint density at radius 2 is 2.45 bits per heavy atom. The largest absolute Gasteiger partial charge is 0.113 e. The van der Waals surface area contributed by atoms with Gasteiger partial charge in [0.15, 0.2) is 0 Å². The molecule has 62 valence electrons. The first-order valence-corrected chi connectivity index (χ1v) is 4.60. The van der Waals surface area contributed by atoms with Crippen molar-refractivity contribution in [2.24, 2.45) is 0 Å². The Labute approximate surface area is 77.9 Å². The molecular weight excluding hydrogens is 179 g/mol. The molecule has 0 N–H and O–H groups in total. The van der Waals surface area contributed by atoms with Crippen LogP contribution in [0.3, 0.4) is 0 Å². The van der Waals surface area contributed by atoms with Gasteiger partial charge in [0.25, 0.3) is 0 Å². The standard InChI is InChI=1S/C9H12Cl2/c1-2-6-9(11)7-4-3-5-8(9)10/h2,5H,1,3-4,6-7H2. The molecule has 0 aromatic rings. The van der Waals surface area contributed by atoms with Crippen LogP contribution in [-0.4, -0.2) is 4.87 Å². The van der Waals surface area contributed by atoms with Gasteiger partial charge in [0, 0.05) is 5.03 Å². The second-order valence-corrected chi connectivity index (χ2v) is 4.03. The molecule has 0 aromatic heterocycles. The van der Waals surface area contributed by atoms with Gasteiger partial charge >= 0.3 is 0 Å². The Morgan fingerprint density at radius 3 is 3.00 bits per heavy atom. The Kier molecular flexibility index (Phi) is 3.03. The van der Waals surface area contributed by atoms with Crippen molar-refractivity contribution in [1.82, 2.24) is 0 Å². The number of allylic oxidation sites excluding steroid dienone is 3. The fourth-order valence-electron chi connectivity index (χ4n) is 1.34. The summed E-state index contributed by atoms with van der Waals surface area (Å²) >= 11 is 12.2. The van der Waals surface area contributed by atoms with Crippen molar-refractivity contribution >= 4 is 23.2 Å². The van der Waals surface area contributed by atoms with E-state index in [9.17, 15) is 0 Å². The second kappa shape index (κ2) is 3.64. The predicted octanol–water partition coefficient (Wildman–Crippen LogP) is 3.85. The maximum absolute atomic E-state index is 6.25. The van der Waals surface area contributed by atoms with Crippen molar-refractivity contribution in [2.75, 3.05) is 0 Å². The van der Waals surface area contributed by atoms with Crippen LogP contribution in [0.1, 0.15) is 25.7 Å². The lowest BCUT2D eigenvalue weighted by Gasteiger charge is -2.28. The zero-order valence-corrected chi connectivity index (χ0v) is 7.96. The van der Waals surface area contributed by atoms with Crippen LogP contribution in [0.4, 0.5) is 0 Å². The fraction of sp³-hybridized carbons (Fsp3) is 0.556. The average molecular weight is 191 g/mol. The third kappa shape index (κ3) is 2.00. The van der Waals surface area contributed by atoms with E-state index in [0.29, 0.717) is 0 Å². The molecule has 0 bridgehead atoms. The molecule has 0 saturated carbocycles. The van der Waals surface area contributed by atoms with Gasteiger partial charge in [-0.3, -0.25) is 0 Å². The van der Waals surface area contributed by atoms with E-state index in [1.165, 1.54) is 0 Å². The van der Waals surface area contributed by atoms with E-state index in [1.807, 2.05) is 12.2 Å². The molecule has 1 aliphatic carbocycles. The highest BCUT2D eigenvalue weighted by Crippen LogP contribution is 2.40. The van der Waals surface area contributed by atoms with Crippen LogP contribution >= 0.6 is 23.2 Å². The first kappa shape index (κ1) is 9.15. The van der Waals surface area contributed by atoms with Gasteiger partial charge in [-0.2, -0.15) is 0 Å². The molecule has 0 heterocycles. The normalized spacial score (nSPS) is 31.3. The van der Waals surface area contributed by atoms with E-state index >= 15 is 0 Å². The van der Waals surface area contributed by atoms with Gasteiger partial charge in [-0.25, -0.2) is 0 Å². The Bertz CT molecular complexity index is 184. The number of halogens is 2. The molecule has 1 rings (SSSR count). The molecule has 0 amide bonds. The monoisotopic (exact) mass is 190 g/mol. The van der Waals surface area contributed by atoms with Crippen LogP contribution in [0.5, 0.6) is 0 Å². The van der Waals surface area contributed by atoms with E-state index in [2.05, 4.69) is 6.58 Å². The van der Waals surface area contributed by atoms with Crippen LogP contribution in [0.2, 0.25) is 0 Å². The van der Waals surface area contributed by atoms with Crippen molar-refractivity contribution in [3.05, 3.63) is 23.8 Å². The Balaban J connectivity index is 2.73. The van der Waals surface area contributed by atoms with Gasteiger partial charge in [-0.15, -0.1) is 18.2 Å². The molecule has 1 atom stereocenters. The summed E-state index contributed by atoms with van der Waals surface area (Å²) in [5.41, 5.74) is 0. The minimum atomic E-state index is -0.332. The van der Waals surface area contributed by atoms with Crippen molar-refractivity contribution in [3.8, 4) is 0 Å². The van der Waals surface area contributed by atoms with E-state index in [4.69, 9.17) is 23.2 Å². The van der Waals surface area contributed by atoms with Gasteiger partial charge in [0.05, 0.1) is 4.87 Å². The third-order valence-corrected chi connectivity index (χ3v) is 3.16. The number of rotatable bonds is 2. The first-order valence-electron chi connectivity index (χ1n) is 3.85. The highest BCUT2D eigenvalue weighted by atomic mass is 35.5. The second-order valence-electron chi connectivity index (χ2n) is 2.90.